The van der Waals surface area contributed by atoms with E-state index in [4.69, 9.17) is 0 Å². The molecule has 2 aromatic rings. The van der Waals surface area contributed by atoms with Crippen LogP contribution in [0.3, 0.4) is 0 Å². The van der Waals surface area contributed by atoms with Gasteiger partial charge in [-0.25, -0.2) is 4.79 Å². The summed E-state index contributed by atoms with van der Waals surface area (Å²) < 4.78 is 0. The molecule has 0 aromatic heterocycles. The number of hydrogen-bond donors (Lipinski definition) is 0. The molecule has 0 spiro atoms. The minimum atomic E-state index is -0.344. The summed E-state index contributed by atoms with van der Waals surface area (Å²) in [5, 5.41) is 0. The number of imide groups is 1. The molecule has 6 nitrogen and oxygen atoms in total. The van der Waals surface area contributed by atoms with Gasteiger partial charge in [-0.3, -0.25) is 14.5 Å². The second kappa shape index (κ2) is 7.23. The normalized spacial score (nSPS) is 16.7. The van der Waals surface area contributed by atoms with Crippen LogP contribution in [0.4, 0.5) is 10.5 Å². The number of hydrogen-bond acceptors (Lipinski definition) is 3. The Kier molecular flexibility index (Phi) is 4.62. The van der Waals surface area contributed by atoms with Gasteiger partial charge < -0.3 is 9.80 Å². The van der Waals surface area contributed by atoms with E-state index in [2.05, 4.69) is 0 Å². The van der Waals surface area contributed by atoms with Gasteiger partial charge in [-0.1, -0.05) is 48.5 Å². The van der Waals surface area contributed by atoms with Crippen LogP contribution in [-0.4, -0.2) is 46.8 Å². The van der Waals surface area contributed by atoms with Crippen molar-refractivity contribution in [2.75, 3.05) is 18.0 Å². The molecular formula is C21H21N3O3. The smallest absolute Gasteiger partial charge is 0.312 e. The Hall–Kier alpha value is -3.15. The number of para-hydroxylation sites is 1. The number of carbonyl (C=O) groups is 3. The van der Waals surface area contributed by atoms with Crippen LogP contribution >= 0.6 is 0 Å². The third-order valence-electron chi connectivity index (χ3n) is 4.92. The van der Waals surface area contributed by atoms with Gasteiger partial charge >= 0.3 is 6.03 Å². The second-order valence-electron chi connectivity index (χ2n) is 6.92. The van der Waals surface area contributed by atoms with Crippen molar-refractivity contribution < 1.29 is 14.4 Å². The summed E-state index contributed by atoms with van der Waals surface area (Å²) in [5.41, 5.74) is 1.72. The monoisotopic (exact) mass is 363 g/mol. The van der Waals surface area contributed by atoms with E-state index in [0.29, 0.717) is 6.54 Å². The summed E-state index contributed by atoms with van der Waals surface area (Å²) in [6.45, 7) is 0.232. The Labute approximate surface area is 158 Å². The maximum absolute atomic E-state index is 13.0. The highest BCUT2D eigenvalue weighted by atomic mass is 16.2. The molecule has 0 atom stereocenters. The fourth-order valence-corrected chi connectivity index (χ4v) is 3.31. The zero-order valence-electron chi connectivity index (χ0n) is 15.0. The van der Waals surface area contributed by atoms with Crippen molar-refractivity contribution in [2.45, 2.75) is 25.4 Å². The van der Waals surface area contributed by atoms with Crippen LogP contribution in [0.1, 0.15) is 18.4 Å². The van der Waals surface area contributed by atoms with E-state index in [9.17, 15) is 14.4 Å². The van der Waals surface area contributed by atoms with E-state index >= 15 is 0 Å². The van der Waals surface area contributed by atoms with Crippen LogP contribution in [0.25, 0.3) is 0 Å². The third kappa shape index (κ3) is 3.69. The molecule has 1 heterocycles. The van der Waals surface area contributed by atoms with Gasteiger partial charge in [0.05, 0.1) is 6.54 Å². The maximum atomic E-state index is 13.0. The Bertz CT molecular complexity index is 849. The molecule has 6 heteroatoms. The lowest BCUT2D eigenvalue weighted by Gasteiger charge is -2.25. The van der Waals surface area contributed by atoms with Gasteiger partial charge in [0.25, 0.3) is 5.91 Å². The first-order valence-corrected chi connectivity index (χ1v) is 9.14. The highest BCUT2D eigenvalue weighted by Gasteiger charge is 2.44. The molecule has 27 heavy (non-hydrogen) atoms. The number of carbonyl (C=O) groups excluding carboxylic acids is 3. The summed E-state index contributed by atoms with van der Waals surface area (Å²) in [7, 11) is 0. The first kappa shape index (κ1) is 17.3. The lowest BCUT2D eigenvalue weighted by Crippen LogP contribution is -2.43. The molecule has 4 rings (SSSR count). The maximum Gasteiger partial charge on any atom is 0.327 e. The molecule has 0 radical (unpaired) electrons. The molecule has 1 saturated heterocycles. The Morgan fingerprint density at radius 1 is 0.963 bits per heavy atom. The zero-order valence-corrected chi connectivity index (χ0v) is 15.0. The fraction of sp³-hybridized carbons (Fsp3) is 0.286. The molecule has 1 aliphatic carbocycles. The van der Waals surface area contributed by atoms with Gasteiger partial charge in [-0.2, -0.15) is 0 Å². The van der Waals surface area contributed by atoms with Crippen molar-refractivity contribution >= 4 is 23.5 Å². The van der Waals surface area contributed by atoms with Crippen molar-refractivity contribution in [3.63, 3.8) is 0 Å². The highest BCUT2D eigenvalue weighted by Crippen LogP contribution is 2.30. The molecule has 1 saturated carbocycles. The first-order chi connectivity index (χ1) is 13.1. The third-order valence-corrected chi connectivity index (χ3v) is 4.92. The Morgan fingerprint density at radius 2 is 1.59 bits per heavy atom. The molecule has 2 aliphatic rings. The minimum absolute atomic E-state index is 0.0841. The SMILES string of the molecule is O=C1CN(C2CC2)C(=O)N1CC(=O)N(Cc1ccccc1)c1ccccc1. The summed E-state index contributed by atoms with van der Waals surface area (Å²) in [4.78, 5) is 42.1. The van der Waals surface area contributed by atoms with Crippen molar-refractivity contribution in [3.8, 4) is 0 Å². The Balaban J connectivity index is 1.53. The predicted octanol–water partition coefficient (Wildman–Crippen LogP) is 2.65. The van der Waals surface area contributed by atoms with Crippen LogP contribution in [0, 0.1) is 0 Å². The van der Waals surface area contributed by atoms with Crippen LogP contribution in [0.15, 0.2) is 60.7 Å². The van der Waals surface area contributed by atoms with Gasteiger partial charge in [0.2, 0.25) is 5.91 Å². The molecule has 2 fully saturated rings. The topological polar surface area (TPSA) is 60.9 Å². The minimum Gasteiger partial charge on any atom is -0.312 e. The molecular weight excluding hydrogens is 342 g/mol. The average molecular weight is 363 g/mol. The quantitative estimate of drug-likeness (QED) is 0.742. The van der Waals surface area contributed by atoms with Gasteiger partial charge in [0.1, 0.15) is 13.1 Å². The molecule has 2 aromatic carbocycles. The van der Waals surface area contributed by atoms with E-state index in [1.165, 1.54) is 0 Å². The van der Waals surface area contributed by atoms with Crippen LogP contribution in [0.5, 0.6) is 0 Å². The van der Waals surface area contributed by atoms with Crippen molar-refractivity contribution in [1.29, 1.82) is 0 Å². The van der Waals surface area contributed by atoms with Crippen LogP contribution in [-0.2, 0) is 16.1 Å². The number of amides is 4. The second-order valence-corrected chi connectivity index (χ2v) is 6.92. The molecule has 138 valence electrons. The zero-order chi connectivity index (χ0) is 18.8. The first-order valence-electron chi connectivity index (χ1n) is 9.14. The van der Waals surface area contributed by atoms with Crippen LogP contribution < -0.4 is 4.90 Å². The molecule has 4 amide bonds. The van der Waals surface area contributed by atoms with Crippen molar-refractivity contribution in [2.24, 2.45) is 0 Å². The average Bonchev–Trinajstić information content (AvgIpc) is 3.50. The molecule has 0 bridgehead atoms. The van der Waals surface area contributed by atoms with E-state index in [0.717, 1.165) is 29.0 Å². The summed E-state index contributed by atoms with van der Waals surface area (Å²) in [6, 6.07) is 18.8. The summed E-state index contributed by atoms with van der Waals surface area (Å²) >= 11 is 0. The van der Waals surface area contributed by atoms with E-state index < -0.39 is 0 Å². The van der Waals surface area contributed by atoms with E-state index in [1.54, 1.807) is 9.80 Å². The Morgan fingerprint density at radius 3 is 2.22 bits per heavy atom. The summed E-state index contributed by atoms with van der Waals surface area (Å²) in [5.74, 6) is -0.572. The number of rotatable bonds is 6. The van der Waals surface area contributed by atoms with Crippen LogP contribution in [0.2, 0.25) is 0 Å². The lowest BCUT2D eigenvalue weighted by atomic mass is 10.2. The molecule has 0 N–H and O–H groups in total. The molecule has 0 unspecified atom stereocenters. The van der Waals surface area contributed by atoms with Gasteiger partial charge in [0.15, 0.2) is 0 Å². The standard InChI is InChI=1S/C21H21N3O3/c25-19(15-24-20(26)14-23(21(24)27)18-11-12-18)22(17-9-5-2-6-10-17)13-16-7-3-1-4-8-16/h1-10,18H,11-15H2. The number of urea groups is 1. The van der Waals surface area contributed by atoms with Crippen molar-refractivity contribution in [3.05, 3.63) is 66.2 Å². The molecule has 1 aliphatic heterocycles. The van der Waals surface area contributed by atoms with E-state index in [1.807, 2.05) is 60.7 Å². The highest BCUT2D eigenvalue weighted by molar-refractivity contribution is 6.07. The predicted molar refractivity (Wildman–Crippen MR) is 101 cm³/mol. The lowest BCUT2D eigenvalue weighted by molar-refractivity contribution is -0.129. The van der Waals surface area contributed by atoms with E-state index in [-0.39, 0.29) is 37.0 Å². The number of benzene rings is 2. The number of nitrogens with zero attached hydrogens (tertiary/aromatic N) is 3. The number of anilines is 1. The fourth-order valence-electron chi connectivity index (χ4n) is 3.31. The van der Waals surface area contributed by atoms with Gasteiger partial charge in [0, 0.05) is 11.7 Å². The summed E-state index contributed by atoms with van der Waals surface area (Å²) in [6.07, 6.45) is 1.87. The van der Waals surface area contributed by atoms with Gasteiger partial charge in [-0.05, 0) is 30.5 Å². The van der Waals surface area contributed by atoms with Crippen molar-refractivity contribution in [1.82, 2.24) is 9.80 Å². The largest absolute Gasteiger partial charge is 0.327 e. The van der Waals surface area contributed by atoms with Gasteiger partial charge in [-0.15, -0.1) is 0 Å².